The fourth-order valence-electron chi connectivity index (χ4n) is 1.07. The van der Waals surface area contributed by atoms with E-state index in [1.54, 1.807) is 12.1 Å². The molecule has 0 saturated carbocycles. The van der Waals surface area contributed by atoms with Gasteiger partial charge in [-0.25, -0.2) is 4.39 Å². The van der Waals surface area contributed by atoms with E-state index < -0.39 is 5.82 Å². The molecule has 0 N–H and O–H groups in total. The highest BCUT2D eigenvalue weighted by molar-refractivity contribution is 5.79. The molecule has 0 fully saturated rings. The van der Waals surface area contributed by atoms with Crippen LogP contribution in [-0.2, 0) is 4.79 Å². The molecule has 0 aromatic heterocycles. The van der Waals surface area contributed by atoms with Gasteiger partial charge in [-0.3, -0.25) is 4.79 Å². The molecular formula is C11H13FO2. The largest absolute Gasteiger partial charge is 0.483 e. The first-order valence-corrected chi connectivity index (χ1v) is 4.63. The lowest BCUT2D eigenvalue weighted by Gasteiger charge is -2.05. The zero-order valence-corrected chi connectivity index (χ0v) is 8.13. The van der Waals surface area contributed by atoms with E-state index in [1.165, 1.54) is 12.1 Å². The van der Waals surface area contributed by atoms with Gasteiger partial charge in [0.25, 0.3) is 0 Å². The lowest BCUT2D eigenvalue weighted by molar-refractivity contribution is -0.121. The molecule has 0 aliphatic heterocycles. The summed E-state index contributed by atoms with van der Waals surface area (Å²) in [6, 6.07) is 6.06. The molecule has 0 aliphatic rings. The summed E-state index contributed by atoms with van der Waals surface area (Å²) in [4.78, 5) is 11.1. The van der Waals surface area contributed by atoms with E-state index in [0.29, 0.717) is 6.42 Å². The number of carbonyl (C=O) groups is 1. The van der Waals surface area contributed by atoms with Gasteiger partial charge in [0.2, 0.25) is 0 Å². The Hall–Kier alpha value is -1.38. The highest BCUT2D eigenvalue weighted by atomic mass is 19.1. The molecule has 0 heterocycles. The van der Waals surface area contributed by atoms with Crippen molar-refractivity contribution >= 4 is 5.78 Å². The number of halogens is 1. The first-order chi connectivity index (χ1) is 6.74. The van der Waals surface area contributed by atoms with Crippen molar-refractivity contribution in [2.45, 2.75) is 19.8 Å². The molecule has 0 unspecified atom stereocenters. The maximum atomic E-state index is 13.0. The summed E-state index contributed by atoms with van der Waals surface area (Å²) in [6.07, 6.45) is 1.27. The number of rotatable bonds is 5. The normalized spacial score (nSPS) is 9.86. The molecular weight excluding hydrogens is 183 g/mol. The first kappa shape index (κ1) is 10.7. The smallest absolute Gasteiger partial charge is 0.170 e. The Bertz CT molecular complexity index is 310. The van der Waals surface area contributed by atoms with E-state index in [0.717, 1.165) is 6.42 Å². The molecule has 0 spiro atoms. The van der Waals surface area contributed by atoms with Crippen LogP contribution in [0.3, 0.4) is 0 Å². The van der Waals surface area contributed by atoms with Gasteiger partial charge in [-0.15, -0.1) is 0 Å². The maximum absolute atomic E-state index is 13.0. The second kappa shape index (κ2) is 5.37. The van der Waals surface area contributed by atoms with Crippen molar-refractivity contribution in [3.63, 3.8) is 0 Å². The Balaban J connectivity index is 2.46. The van der Waals surface area contributed by atoms with Crippen molar-refractivity contribution in [3.8, 4) is 5.75 Å². The molecule has 1 rings (SSSR count). The van der Waals surface area contributed by atoms with Crippen LogP contribution < -0.4 is 4.74 Å². The third-order valence-electron chi connectivity index (χ3n) is 1.75. The number of benzene rings is 1. The average molecular weight is 196 g/mol. The van der Waals surface area contributed by atoms with E-state index in [9.17, 15) is 9.18 Å². The van der Waals surface area contributed by atoms with Gasteiger partial charge in [0.1, 0.15) is 6.61 Å². The molecule has 2 nitrogen and oxygen atoms in total. The minimum absolute atomic E-state index is 0.00393. The van der Waals surface area contributed by atoms with Crippen molar-refractivity contribution in [1.29, 1.82) is 0 Å². The number of hydrogen-bond donors (Lipinski definition) is 0. The van der Waals surface area contributed by atoms with Crippen LogP contribution in [0, 0.1) is 5.82 Å². The second-order valence-electron chi connectivity index (χ2n) is 3.01. The summed E-state index contributed by atoms with van der Waals surface area (Å²) in [6.45, 7) is 1.87. The Morgan fingerprint density at radius 1 is 1.43 bits per heavy atom. The molecule has 76 valence electrons. The van der Waals surface area contributed by atoms with E-state index in [-0.39, 0.29) is 18.1 Å². The van der Waals surface area contributed by atoms with Gasteiger partial charge in [0, 0.05) is 6.42 Å². The Kier molecular flexibility index (Phi) is 4.11. The van der Waals surface area contributed by atoms with Gasteiger partial charge >= 0.3 is 0 Å². The number of carbonyl (C=O) groups excluding carboxylic acids is 1. The minimum atomic E-state index is -0.434. The molecule has 1 aromatic rings. The predicted molar refractivity (Wildman–Crippen MR) is 51.8 cm³/mol. The summed E-state index contributed by atoms with van der Waals surface area (Å²) >= 11 is 0. The van der Waals surface area contributed by atoms with Crippen molar-refractivity contribution in [3.05, 3.63) is 30.1 Å². The van der Waals surface area contributed by atoms with Crippen LogP contribution in [0.5, 0.6) is 5.75 Å². The average Bonchev–Trinajstić information content (AvgIpc) is 2.17. The lowest BCUT2D eigenvalue weighted by Crippen LogP contribution is -2.11. The third-order valence-corrected chi connectivity index (χ3v) is 1.75. The van der Waals surface area contributed by atoms with E-state index in [2.05, 4.69) is 0 Å². The number of hydrogen-bond acceptors (Lipinski definition) is 2. The summed E-state index contributed by atoms with van der Waals surface area (Å²) < 4.78 is 18.0. The number of ether oxygens (including phenoxy) is 1. The molecule has 0 saturated heterocycles. The van der Waals surface area contributed by atoms with Gasteiger partial charge in [-0.2, -0.15) is 0 Å². The van der Waals surface area contributed by atoms with Crippen molar-refractivity contribution in [2.24, 2.45) is 0 Å². The van der Waals surface area contributed by atoms with Gasteiger partial charge in [0.05, 0.1) is 0 Å². The van der Waals surface area contributed by atoms with Gasteiger partial charge in [-0.1, -0.05) is 19.1 Å². The van der Waals surface area contributed by atoms with Crippen LogP contribution >= 0.6 is 0 Å². The SMILES string of the molecule is CCCC(=O)COc1ccccc1F. The van der Waals surface area contributed by atoms with Crippen molar-refractivity contribution in [1.82, 2.24) is 0 Å². The summed E-state index contributed by atoms with van der Waals surface area (Å²) in [5.41, 5.74) is 0. The van der Waals surface area contributed by atoms with Crippen LogP contribution in [-0.4, -0.2) is 12.4 Å². The van der Waals surface area contributed by atoms with E-state index in [1.807, 2.05) is 6.92 Å². The summed E-state index contributed by atoms with van der Waals surface area (Å²) in [5.74, 6) is -0.301. The molecule has 0 aliphatic carbocycles. The summed E-state index contributed by atoms with van der Waals surface area (Å²) in [7, 11) is 0. The second-order valence-corrected chi connectivity index (χ2v) is 3.01. The van der Waals surface area contributed by atoms with Crippen LogP contribution in [0.1, 0.15) is 19.8 Å². The van der Waals surface area contributed by atoms with Crippen LogP contribution in [0.4, 0.5) is 4.39 Å². The molecule has 0 amide bonds. The minimum Gasteiger partial charge on any atom is -0.483 e. The first-order valence-electron chi connectivity index (χ1n) is 4.63. The third kappa shape index (κ3) is 3.17. The van der Waals surface area contributed by atoms with Gasteiger partial charge in [0.15, 0.2) is 17.3 Å². The fraction of sp³-hybridized carbons (Fsp3) is 0.364. The van der Waals surface area contributed by atoms with Gasteiger partial charge < -0.3 is 4.74 Å². The zero-order chi connectivity index (χ0) is 10.4. The molecule has 0 radical (unpaired) electrons. The van der Waals surface area contributed by atoms with Crippen molar-refractivity contribution < 1.29 is 13.9 Å². The molecule has 0 bridgehead atoms. The molecule has 3 heteroatoms. The number of ketones is 1. The quantitative estimate of drug-likeness (QED) is 0.723. The Morgan fingerprint density at radius 3 is 2.79 bits per heavy atom. The highest BCUT2D eigenvalue weighted by Gasteiger charge is 2.04. The molecule has 14 heavy (non-hydrogen) atoms. The lowest BCUT2D eigenvalue weighted by atomic mass is 10.2. The van der Waals surface area contributed by atoms with E-state index >= 15 is 0 Å². The van der Waals surface area contributed by atoms with Crippen LogP contribution in [0.15, 0.2) is 24.3 Å². The maximum Gasteiger partial charge on any atom is 0.170 e. The number of para-hydroxylation sites is 1. The Labute approximate surface area is 82.7 Å². The monoisotopic (exact) mass is 196 g/mol. The molecule has 1 aromatic carbocycles. The van der Waals surface area contributed by atoms with E-state index in [4.69, 9.17) is 4.74 Å². The van der Waals surface area contributed by atoms with Crippen LogP contribution in [0.2, 0.25) is 0 Å². The van der Waals surface area contributed by atoms with Crippen molar-refractivity contribution in [2.75, 3.05) is 6.61 Å². The fourth-order valence-corrected chi connectivity index (χ4v) is 1.07. The topological polar surface area (TPSA) is 26.3 Å². The highest BCUT2D eigenvalue weighted by Crippen LogP contribution is 2.15. The number of Topliss-reactive ketones (excluding diaryl/α,β-unsaturated/α-hetero) is 1. The van der Waals surface area contributed by atoms with Crippen LogP contribution in [0.25, 0.3) is 0 Å². The van der Waals surface area contributed by atoms with Gasteiger partial charge in [-0.05, 0) is 18.6 Å². The Morgan fingerprint density at radius 2 is 2.14 bits per heavy atom. The predicted octanol–water partition coefficient (Wildman–Crippen LogP) is 2.57. The zero-order valence-electron chi connectivity index (χ0n) is 8.13. The molecule has 0 atom stereocenters. The standard InChI is InChI=1S/C11H13FO2/c1-2-5-9(13)8-14-11-7-4-3-6-10(11)12/h3-4,6-7H,2,5,8H2,1H3. The summed E-state index contributed by atoms with van der Waals surface area (Å²) in [5, 5.41) is 0.